The summed E-state index contributed by atoms with van der Waals surface area (Å²) in [6.45, 7) is 4.85. The molecule has 1 atom stereocenters. The highest BCUT2D eigenvalue weighted by molar-refractivity contribution is 5.84. The van der Waals surface area contributed by atoms with Crippen molar-refractivity contribution in [1.29, 1.82) is 0 Å². The van der Waals surface area contributed by atoms with Gasteiger partial charge in [-0.1, -0.05) is 6.92 Å². The molecule has 1 saturated heterocycles. The topological polar surface area (TPSA) is 52.6 Å². The second-order valence-corrected chi connectivity index (χ2v) is 5.21. The van der Waals surface area contributed by atoms with Crippen LogP contribution >= 0.6 is 0 Å². The number of hydrogen-bond donors (Lipinski definition) is 2. The van der Waals surface area contributed by atoms with Gasteiger partial charge in [0.2, 0.25) is 5.91 Å². The van der Waals surface area contributed by atoms with Gasteiger partial charge in [-0.25, -0.2) is 0 Å². The van der Waals surface area contributed by atoms with E-state index >= 15 is 0 Å². The lowest BCUT2D eigenvalue weighted by atomic mass is 10.1. The minimum absolute atomic E-state index is 0.0226. The van der Waals surface area contributed by atoms with Gasteiger partial charge < -0.3 is 15.3 Å². The van der Waals surface area contributed by atoms with Crippen molar-refractivity contribution in [2.75, 3.05) is 26.2 Å². The zero-order valence-corrected chi connectivity index (χ0v) is 10.0. The Morgan fingerprint density at radius 3 is 2.88 bits per heavy atom. The molecule has 1 unspecified atom stereocenters. The van der Waals surface area contributed by atoms with Crippen LogP contribution in [0.25, 0.3) is 0 Å². The van der Waals surface area contributed by atoms with E-state index in [4.69, 9.17) is 0 Å². The number of likely N-dealkylation sites (tertiary alicyclic amines) is 1. The molecular weight excluding hydrogens is 204 g/mol. The van der Waals surface area contributed by atoms with Gasteiger partial charge in [-0.15, -0.1) is 0 Å². The molecule has 0 bridgehead atoms. The maximum atomic E-state index is 12.0. The zero-order chi connectivity index (χ0) is 11.6. The zero-order valence-electron chi connectivity index (χ0n) is 10.0. The predicted octanol–water partition coefficient (Wildman–Crippen LogP) is 0.359. The van der Waals surface area contributed by atoms with E-state index in [1.807, 2.05) is 4.90 Å². The molecular formula is C12H22N2O2. The first-order chi connectivity index (χ1) is 7.71. The van der Waals surface area contributed by atoms with E-state index in [1.54, 1.807) is 0 Å². The fourth-order valence-electron chi connectivity index (χ4n) is 2.35. The van der Waals surface area contributed by atoms with Crippen LogP contribution in [-0.4, -0.2) is 48.2 Å². The molecule has 0 aromatic heterocycles. The molecule has 4 nitrogen and oxygen atoms in total. The molecule has 1 aliphatic heterocycles. The molecule has 1 saturated carbocycles. The Labute approximate surface area is 97.0 Å². The Hall–Kier alpha value is -0.610. The van der Waals surface area contributed by atoms with Crippen LogP contribution in [0.5, 0.6) is 0 Å². The second-order valence-electron chi connectivity index (χ2n) is 5.21. The van der Waals surface area contributed by atoms with Gasteiger partial charge in [-0.2, -0.15) is 0 Å². The summed E-state index contributed by atoms with van der Waals surface area (Å²) in [5.41, 5.74) is 0.0509. The molecule has 0 radical (unpaired) electrons. The summed E-state index contributed by atoms with van der Waals surface area (Å²) in [6.07, 6.45) is 4.12. The Morgan fingerprint density at radius 1 is 1.56 bits per heavy atom. The number of carbonyl (C=O) groups is 1. The van der Waals surface area contributed by atoms with Crippen LogP contribution in [0.3, 0.4) is 0 Å². The lowest BCUT2D eigenvalue weighted by Gasteiger charge is -2.22. The Kier molecular flexibility index (Phi) is 3.50. The summed E-state index contributed by atoms with van der Waals surface area (Å²) < 4.78 is 0. The third-order valence-electron chi connectivity index (χ3n) is 3.76. The van der Waals surface area contributed by atoms with Crippen LogP contribution in [0.4, 0.5) is 0 Å². The molecule has 0 spiro atoms. The summed E-state index contributed by atoms with van der Waals surface area (Å²) in [6, 6.07) is 0.0226. The second kappa shape index (κ2) is 4.72. The SMILES string of the molecule is CCCNC1CCN(CC2(CO)CC2)C1=O. The normalized spacial score (nSPS) is 27.5. The van der Waals surface area contributed by atoms with Gasteiger partial charge in [0, 0.05) is 18.5 Å². The minimum Gasteiger partial charge on any atom is -0.396 e. The average molecular weight is 226 g/mol. The quantitative estimate of drug-likeness (QED) is 0.687. The molecule has 2 fully saturated rings. The Morgan fingerprint density at radius 2 is 2.31 bits per heavy atom. The van der Waals surface area contributed by atoms with E-state index in [1.165, 1.54) is 0 Å². The van der Waals surface area contributed by atoms with Crippen molar-refractivity contribution in [3.05, 3.63) is 0 Å². The molecule has 4 heteroatoms. The van der Waals surface area contributed by atoms with Crippen molar-refractivity contribution in [1.82, 2.24) is 10.2 Å². The monoisotopic (exact) mass is 226 g/mol. The van der Waals surface area contributed by atoms with Crippen molar-refractivity contribution >= 4 is 5.91 Å². The lowest BCUT2D eigenvalue weighted by Crippen LogP contribution is -2.41. The summed E-state index contributed by atoms with van der Waals surface area (Å²) in [7, 11) is 0. The fraction of sp³-hybridized carbons (Fsp3) is 0.917. The standard InChI is InChI=1S/C12H22N2O2/c1-2-6-13-10-3-7-14(11(10)16)8-12(9-15)4-5-12/h10,13,15H,2-9H2,1H3. The van der Waals surface area contributed by atoms with Crippen molar-refractivity contribution in [3.63, 3.8) is 0 Å². The van der Waals surface area contributed by atoms with Crippen molar-refractivity contribution in [2.45, 2.75) is 38.6 Å². The van der Waals surface area contributed by atoms with E-state index < -0.39 is 0 Å². The summed E-state index contributed by atoms with van der Waals surface area (Å²) >= 11 is 0. The fourth-order valence-corrected chi connectivity index (χ4v) is 2.35. The third kappa shape index (κ3) is 2.38. The first-order valence-corrected chi connectivity index (χ1v) is 6.34. The number of nitrogens with zero attached hydrogens (tertiary/aromatic N) is 1. The van der Waals surface area contributed by atoms with Gasteiger partial charge in [0.15, 0.2) is 0 Å². The van der Waals surface area contributed by atoms with Crippen LogP contribution in [0.15, 0.2) is 0 Å². The molecule has 2 aliphatic rings. The van der Waals surface area contributed by atoms with E-state index in [0.717, 1.165) is 45.3 Å². The van der Waals surface area contributed by atoms with Gasteiger partial charge in [0.05, 0.1) is 12.6 Å². The number of aliphatic hydroxyl groups is 1. The molecule has 2 rings (SSSR count). The third-order valence-corrected chi connectivity index (χ3v) is 3.76. The molecule has 16 heavy (non-hydrogen) atoms. The van der Waals surface area contributed by atoms with Crippen LogP contribution in [0.1, 0.15) is 32.6 Å². The summed E-state index contributed by atoms with van der Waals surface area (Å²) in [5, 5.41) is 12.5. The molecule has 0 aromatic carbocycles. The summed E-state index contributed by atoms with van der Waals surface area (Å²) in [5.74, 6) is 0.230. The number of nitrogens with one attached hydrogen (secondary N) is 1. The van der Waals surface area contributed by atoms with E-state index in [0.29, 0.717) is 0 Å². The van der Waals surface area contributed by atoms with Crippen LogP contribution in [0, 0.1) is 5.41 Å². The van der Waals surface area contributed by atoms with E-state index in [2.05, 4.69) is 12.2 Å². The minimum atomic E-state index is 0.0226. The number of hydrogen-bond acceptors (Lipinski definition) is 3. The molecule has 1 aliphatic carbocycles. The highest BCUT2D eigenvalue weighted by Gasteiger charge is 2.46. The molecule has 1 amide bonds. The molecule has 1 heterocycles. The first kappa shape index (κ1) is 11.9. The Bertz CT molecular complexity index is 264. The van der Waals surface area contributed by atoms with Crippen LogP contribution < -0.4 is 5.32 Å². The average Bonchev–Trinajstić information content (AvgIpc) is 2.99. The van der Waals surface area contributed by atoms with Crippen LogP contribution in [-0.2, 0) is 4.79 Å². The van der Waals surface area contributed by atoms with Gasteiger partial charge in [0.1, 0.15) is 0 Å². The summed E-state index contributed by atoms with van der Waals surface area (Å²) in [4.78, 5) is 13.9. The first-order valence-electron chi connectivity index (χ1n) is 6.34. The number of aliphatic hydroxyl groups excluding tert-OH is 1. The van der Waals surface area contributed by atoms with Gasteiger partial charge in [-0.05, 0) is 32.2 Å². The smallest absolute Gasteiger partial charge is 0.239 e. The van der Waals surface area contributed by atoms with E-state index in [-0.39, 0.29) is 24.0 Å². The highest BCUT2D eigenvalue weighted by Crippen LogP contribution is 2.46. The van der Waals surface area contributed by atoms with Gasteiger partial charge in [0.25, 0.3) is 0 Å². The maximum Gasteiger partial charge on any atom is 0.239 e. The van der Waals surface area contributed by atoms with Gasteiger partial charge in [-0.3, -0.25) is 4.79 Å². The van der Waals surface area contributed by atoms with E-state index in [9.17, 15) is 9.90 Å². The molecule has 2 N–H and O–H groups in total. The van der Waals surface area contributed by atoms with Crippen molar-refractivity contribution in [3.8, 4) is 0 Å². The van der Waals surface area contributed by atoms with Crippen LogP contribution in [0.2, 0.25) is 0 Å². The largest absolute Gasteiger partial charge is 0.396 e. The van der Waals surface area contributed by atoms with Crippen molar-refractivity contribution < 1.29 is 9.90 Å². The van der Waals surface area contributed by atoms with Gasteiger partial charge >= 0.3 is 0 Å². The highest BCUT2D eigenvalue weighted by atomic mass is 16.3. The molecule has 0 aromatic rings. The molecule has 92 valence electrons. The lowest BCUT2D eigenvalue weighted by molar-refractivity contribution is -0.130. The number of amides is 1. The number of rotatable bonds is 6. The van der Waals surface area contributed by atoms with Crippen molar-refractivity contribution in [2.24, 2.45) is 5.41 Å². The maximum absolute atomic E-state index is 12.0. The number of carbonyl (C=O) groups excluding carboxylic acids is 1. The Balaban J connectivity index is 1.82. The predicted molar refractivity (Wildman–Crippen MR) is 62.0 cm³/mol.